The van der Waals surface area contributed by atoms with Gasteiger partial charge in [0, 0.05) is 19.6 Å². The average molecular weight is 326 g/mol. The molecule has 1 saturated carbocycles. The van der Waals surface area contributed by atoms with E-state index in [0.717, 1.165) is 43.8 Å². The van der Waals surface area contributed by atoms with Crippen LogP contribution < -0.4 is 0 Å². The number of hydrogen-bond acceptors (Lipinski definition) is 3. The molecule has 0 radical (unpaired) electrons. The van der Waals surface area contributed by atoms with Crippen LogP contribution in [0, 0.1) is 29.6 Å². The SMILES string of the molecule is CC(C)[C@H]1CC[C@H](C)C[C@H]1OC[C@H](O)CN1C[C@H](C)C[C@H](C)C1. The van der Waals surface area contributed by atoms with Gasteiger partial charge in [0.2, 0.25) is 0 Å². The topological polar surface area (TPSA) is 32.7 Å². The molecule has 1 aliphatic heterocycles. The maximum Gasteiger partial charge on any atom is 0.0900 e. The van der Waals surface area contributed by atoms with Crippen LogP contribution in [0.4, 0.5) is 0 Å². The third kappa shape index (κ3) is 6.03. The molecule has 136 valence electrons. The molecule has 23 heavy (non-hydrogen) atoms. The van der Waals surface area contributed by atoms with E-state index in [1.54, 1.807) is 0 Å². The fourth-order valence-electron chi connectivity index (χ4n) is 4.83. The summed E-state index contributed by atoms with van der Waals surface area (Å²) in [4.78, 5) is 2.43. The predicted octanol–water partition coefficient (Wildman–Crippen LogP) is 3.80. The van der Waals surface area contributed by atoms with Gasteiger partial charge in [-0.1, -0.05) is 41.0 Å². The third-order valence-electron chi connectivity index (χ3n) is 5.88. The van der Waals surface area contributed by atoms with E-state index in [1.165, 1.54) is 19.3 Å². The highest BCUT2D eigenvalue weighted by molar-refractivity contribution is 4.82. The lowest BCUT2D eigenvalue weighted by Gasteiger charge is -2.38. The van der Waals surface area contributed by atoms with Crippen molar-refractivity contribution in [1.82, 2.24) is 4.90 Å². The molecule has 0 amide bonds. The van der Waals surface area contributed by atoms with Gasteiger partial charge in [-0.3, -0.25) is 0 Å². The molecular weight excluding hydrogens is 286 g/mol. The molecule has 0 aromatic heterocycles. The molecule has 0 aromatic rings. The van der Waals surface area contributed by atoms with Crippen molar-refractivity contribution in [2.75, 3.05) is 26.2 Å². The highest BCUT2D eigenvalue weighted by atomic mass is 16.5. The lowest BCUT2D eigenvalue weighted by atomic mass is 9.75. The Labute approximate surface area is 143 Å². The van der Waals surface area contributed by atoms with Gasteiger partial charge in [-0.2, -0.15) is 0 Å². The van der Waals surface area contributed by atoms with Crippen molar-refractivity contribution >= 4 is 0 Å². The summed E-state index contributed by atoms with van der Waals surface area (Å²) in [6.07, 6.45) is 5.08. The molecule has 1 heterocycles. The Morgan fingerprint density at radius 1 is 1.00 bits per heavy atom. The zero-order chi connectivity index (χ0) is 17.0. The average Bonchev–Trinajstić information content (AvgIpc) is 2.43. The van der Waals surface area contributed by atoms with Gasteiger partial charge in [-0.15, -0.1) is 0 Å². The second-order valence-electron chi connectivity index (χ2n) is 9.02. The summed E-state index contributed by atoms with van der Waals surface area (Å²) in [6, 6.07) is 0. The van der Waals surface area contributed by atoms with Gasteiger partial charge in [-0.05, 0) is 48.9 Å². The highest BCUT2D eigenvalue weighted by Gasteiger charge is 2.32. The second kappa shape index (κ2) is 8.82. The van der Waals surface area contributed by atoms with Crippen LogP contribution in [0.5, 0.6) is 0 Å². The number of piperidine rings is 1. The fourth-order valence-corrected chi connectivity index (χ4v) is 4.83. The molecule has 3 nitrogen and oxygen atoms in total. The predicted molar refractivity (Wildman–Crippen MR) is 96.5 cm³/mol. The summed E-state index contributed by atoms with van der Waals surface area (Å²) in [5, 5.41) is 10.4. The Balaban J connectivity index is 1.77. The molecule has 1 N–H and O–H groups in total. The van der Waals surface area contributed by atoms with Crippen molar-refractivity contribution in [3.05, 3.63) is 0 Å². The standard InChI is InChI=1S/C20H39NO2/c1-14(2)19-7-6-15(3)9-20(19)23-13-18(22)12-21-10-16(4)8-17(5)11-21/h14-20,22H,6-13H2,1-5H3/t15-,16-,17+,18+,19+,20+/m0/s1. The second-order valence-corrected chi connectivity index (χ2v) is 9.02. The van der Waals surface area contributed by atoms with E-state index in [0.29, 0.717) is 24.5 Å². The quantitative estimate of drug-likeness (QED) is 0.806. The minimum Gasteiger partial charge on any atom is -0.389 e. The van der Waals surface area contributed by atoms with Crippen LogP contribution in [0.2, 0.25) is 0 Å². The minimum atomic E-state index is -0.349. The summed E-state index contributed by atoms with van der Waals surface area (Å²) in [5.74, 6) is 3.59. The number of hydrogen-bond donors (Lipinski definition) is 1. The van der Waals surface area contributed by atoms with Crippen molar-refractivity contribution in [1.29, 1.82) is 0 Å². The maximum absolute atomic E-state index is 10.4. The molecule has 2 rings (SSSR count). The molecule has 2 fully saturated rings. The Kier molecular flexibility index (Phi) is 7.37. The van der Waals surface area contributed by atoms with Gasteiger partial charge >= 0.3 is 0 Å². The van der Waals surface area contributed by atoms with Crippen LogP contribution in [-0.4, -0.2) is 48.5 Å². The molecule has 1 saturated heterocycles. The van der Waals surface area contributed by atoms with E-state index in [2.05, 4.69) is 39.5 Å². The first kappa shape index (κ1) is 19.2. The van der Waals surface area contributed by atoms with E-state index in [-0.39, 0.29) is 6.10 Å². The molecule has 0 spiro atoms. The zero-order valence-electron chi connectivity index (χ0n) is 16.0. The normalized spacial score (nSPS) is 38.0. The van der Waals surface area contributed by atoms with Crippen molar-refractivity contribution in [3.63, 3.8) is 0 Å². The fraction of sp³-hybridized carbons (Fsp3) is 1.00. The first-order valence-corrected chi connectivity index (χ1v) is 9.87. The van der Waals surface area contributed by atoms with Crippen LogP contribution >= 0.6 is 0 Å². The van der Waals surface area contributed by atoms with Gasteiger partial charge in [0.1, 0.15) is 0 Å². The molecule has 0 unspecified atom stereocenters. The molecule has 0 bridgehead atoms. The monoisotopic (exact) mass is 325 g/mol. The van der Waals surface area contributed by atoms with Gasteiger partial charge in [0.15, 0.2) is 0 Å². The summed E-state index contributed by atoms with van der Waals surface area (Å²) in [7, 11) is 0. The van der Waals surface area contributed by atoms with E-state index in [4.69, 9.17) is 4.74 Å². The Morgan fingerprint density at radius 2 is 1.65 bits per heavy atom. The first-order chi connectivity index (χ1) is 10.8. The number of likely N-dealkylation sites (tertiary alicyclic amines) is 1. The largest absolute Gasteiger partial charge is 0.389 e. The third-order valence-corrected chi connectivity index (χ3v) is 5.88. The summed E-state index contributed by atoms with van der Waals surface area (Å²) in [6.45, 7) is 15.1. The lowest BCUT2D eigenvalue weighted by molar-refractivity contribution is -0.0761. The summed E-state index contributed by atoms with van der Waals surface area (Å²) in [5.41, 5.74) is 0. The number of aliphatic hydroxyl groups excluding tert-OH is 1. The molecule has 6 atom stereocenters. The zero-order valence-corrected chi connectivity index (χ0v) is 16.0. The number of nitrogens with zero attached hydrogens (tertiary/aromatic N) is 1. The molecular formula is C20H39NO2. The minimum absolute atomic E-state index is 0.340. The Hall–Kier alpha value is -0.120. The van der Waals surface area contributed by atoms with E-state index in [9.17, 15) is 5.11 Å². The molecule has 1 aliphatic carbocycles. The lowest BCUT2D eigenvalue weighted by Crippen LogP contribution is -2.44. The Morgan fingerprint density at radius 3 is 2.26 bits per heavy atom. The Bertz CT molecular complexity index is 337. The first-order valence-electron chi connectivity index (χ1n) is 9.87. The number of aliphatic hydroxyl groups is 1. The molecule has 0 aromatic carbocycles. The van der Waals surface area contributed by atoms with Crippen LogP contribution in [0.25, 0.3) is 0 Å². The van der Waals surface area contributed by atoms with Crippen LogP contribution in [0.1, 0.15) is 60.3 Å². The van der Waals surface area contributed by atoms with Crippen molar-refractivity contribution in [2.45, 2.75) is 72.5 Å². The van der Waals surface area contributed by atoms with Gasteiger partial charge in [0.05, 0.1) is 18.8 Å². The van der Waals surface area contributed by atoms with Crippen molar-refractivity contribution in [3.8, 4) is 0 Å². The number of β-amino-alcohol motifs (C(OH)–C–C–N with tert-alkyl or cyclic N) is 1. The summed E-state index contributed by atoms with van der Waals surface area (Å²) >= 11 is 0. The molecule has 2 aliphatic rings. The summed E-state index contributed by atoms with van der Waals surface area (Å²) < 4.78 is 6.21. The van der Waals surface area contributed by atoms with Crippen molar-refractivity contribution < 1.29 is 9.84 Å². The van der Waals surface area contributed by atoms with Crippen LogP contribution in [-0.2, 0) is 4.74 Å². The highest BCUT2D eigenvalue weighted by Crippen LogP contribution is 2.35. The van der Waals surface area contributed by atoms with Gasteiger partial charge < -0.3 is 14.7 Å². The van der Waals surface area contributed by atoms with Gasteiger partial charge in [0.25, 0.3) is 0 Å². The van der Waals surface area contributed by atoms with E-state index >= 15 is 0 Å². The smallest absolute Gasteiger partial charge is 0.0900 e. The number of ether oxygens (including phenoxy) is 1. The van der Waals surface area contributed by atoms with Crippen molar-refractivity contribution in [2.24, 2.45) is 29.6 Å². The van der Waals surface area contributed by atoms with E-state index < -0.39 is 0 Å². The molecule has 3 heteroatoms. The van der Waals surface area contributed by atoms with Crippen LogP contribution in [0.3, 0.4) is 0 Å². The van der Waals surface area contributed by atoms with Crippen LogP contribution in [0.15, 0.2) is 0 Å². The van der Waals surface area contributed by atoms with Gasteiger partial charge in [-0.25, -0.2) is 0 Å². The van der Waals surface area contributed by atoms with E-state index in [1.807, 2.05) is 0 Å². The number of rotatable bonds is 6. The maximum atomic E-state index is 10.4.